The number of carbonyl (C=O) groups excluding carboxylic acids is 2. The zero-order valence-electron chi connectivity index (χ0n) is 21.9. The van der Waals surface area contributed by atoms with Crippen molar-refractivity contribution in [2.24, 2.45) is 11.8 Å². The lowest BCUT2D eigenvalue weighted by atomic mass is 10.0. The Bertz CT molecular complexity index is 1720. The number of rotatable bonds is 8. The Kier molecular flexibility index (Phi) is 7.10. The smallest absolute Gasteiger partial charge is 0.276 e. The Balaban J connectivity index is 1.24. The van der Waals surface area contributed by atoms with Crippen LogP contribution in [0.2, 0.25) is 5.02 Å². The SMILES string of the molecule is Cc1nc(N2C[C@H]3C[C@H]3C2=O)ncc1[C@@H](CO)n1cc(NC(=O)c2nccnc2-c2c(C(F)F)ccc(Cl)c2F)cn1. The number of aliphatic hydroxyl groups excluding tert-OH is 1. The van der Waals surface area contributed by atoms with E-state index in [0.29, 0.717) is 29.7 Å². The van der Waals surface area contributed by atoms with Crippen LogP contribution in [0.25, 0.3) is 11.3 Å². The number of aryl methyl sites for hydroxylation is 1. The molecule has 4 aromatic rings. The molecule has 2 fully saturated rings. The first-order valence-corrected chi connectivity index (χ1v) is 13.2. The van der Waals surface area contributed by atoms with E-state index in [1.165, 1.54) is 29.5 Å². The number of amides is 2. The summed E-state index contributed by atoms with van der Waals surface area (Å²) in [6.07, 6.45) is 4.42. The zero-order chi connectivity index (χ0) is 29.7. The Morgan fingerprint density at radius 3 is 2.67 bits per heavy atom. The molecule has 1 saturated carbocycles. The molecule has 6 rings (SSSR count). The average Bonchev–Trinajstić information content (AvgIpc) is 3.48. The Hall–Kier alpha value is -4.43. The topological polar surface area (TPSA) is 139 Å². The van der Waals surface area contributed by atoms with Gasteiger partial charge in [0, 0.05) is 59.6 Å². The standard InChI is InChI=1S/C27H22ClF3N8O3/c1-12-17(8-34-27(36-12)38-9-13-6-16(13)26(38)42)19(11-40)39-10-14(7-35-39)37-25(41)23-22(32-4-5-33-23)20-15(24(30)31)2-3-18(28)21(20)29/h2-5,7-8,10,13,16,19,24,40H,6,9,11H2,1H3,(H,37,41)/t13-,16-,19-/m1/s1. The molecule has 2 aliphatic rings. The number of fused-ring (bicyclic) bond motifs is 1. The molecule has 42 heavy (non-hydrogen) atoms. The summed E-state index contributed by atoms with van der Waals surface area (Å²) in [4.78, 5) is 43.9. The second-order valence-electron chi connectivity index (χ2n) is 10.0. The molecule has 11 nitrogen and oxygen atoms in total. The van der Waals surface area contributed by atoms with Crippen molar-refractivity contribution >= 4 is 35.1 Å². The van der Waals surface area contributed by atoms with Crippen molar-refractivity contribution in [1.29, 1.82) is 0 Å². The molecule has 2 amide bonds. The van der Waals surface area contributed by atoms with E-state index >= 15 is 0 Å². The van der Waals surface area contributed by atoms with Crippen LogP contribution >= 0.6 is 11.6 Å². The lowest BCUT2D eigenvalue weighted by Crippen LogP contribution is -2.30. The van der Waals surface area contributed by atoms with E-state index in [9.17, 15) is 27.9 Å². The average molecular weight is 599 g/mol. The van der Waals surface area contributed by atoms with Gasteiger partial charge in [-0.05, 0) is 25.3 Å². The molecular formula is C27H22ClF3N8O3. The molecule has 4 heterocycles. The highest BCUT2D eigenvalue weighted by Crippen LogP contribution is 2.46. The van der Waals surface area contributed by atoms with Crippen LogP contribution < -0.4 is 10.2 Å². The number of hydrogen-bond acceptors (Lipinski definition) is 8. The molecule has 15 heteroatoms. The number of anilines is 2. The number of alkyl halides is 2. The number of nitrogens with zero attached hydrogens (tertiary/aromatic N) is 7. The lowest BCUT2D eigenvalue weighted by molar-refractivity contribution is -0.118. The Labute approximate surface area is 241 Å². The number of piperidine rings is 1. The summed E-state index contributed by atoms with van der Waals surface area (Å²) in [5, 5.41) is 16.5. The van der Waals surface area contributed by atoms with Crippen molar-refractivity contribution in [3.63, 3.8) is 0 Å². The van der Waals surface area contributed by atoms with Crippen molar-refractivity contribution < 1.29 is 27.9 Å². The summed E-state index contributed by atoms with van der Waals surface area (Å²) in [5.74, 6) is -1.27. The Morgan fingerprint density at radius 1 is 1.19 bits per heavy atom. The van der Waals surface area contributed by atoms with Gasteiger partial charge in [0.05, 0.1) is 23.5 Å². The van der Waals surface area contributed by atoms with Crippen LogP contribution in [-0.4, -0.2) is 59.8 Å². The molecule has 3 aromatic heterocycles. The maximum Gasteiger partial charge on any atom is 0.276 e. The van der Waals surface area contributed by atoms with Gasteiger partial charge in [-0.15, -0.1) is 0 Å². The molecule has 1 saturated heterocycles. The minimum Gasteiger partial charge on any atom is -0.394 e. The number of nitrogens with one attached hydrogen (secondary N) is 1. The second-order valence-corrected chi connectivity index (χ2v) is 10.4. The van der Waals surface area contributed by atoms with Gasteiger partial charge in [-0.3, -0.25) is 24.2 Å². The molecule has 216 valence electrons. The Morgan fingerprint density at radius 2 is 1.98 bits per heavy atom. The molecule has 3 atom stereocenters. The molecule has 0 radical (unpaired) electrons. The van der Waals surface area contributed by atoms with Gasteiger partial charge in [-0.1, -0.05) is 17.7 Å². The van der Waals surface area contributed by atoms with E-state index in [4.69, 9.17) is 11.6 Å². The summed E-state index contributed by atoms with van der Waals surface area (Å²) in [5.41, 5.74) is -0.887. The van der Waals surface area contributed by atoms with Crippen molar-refractivity contribution in [2.75, 3.05) is 23.4 Å². The first-order valence-electron chi connectivity index (χ1n) is 12.9. The summed E-state index contributed by atoms with van der Waals surface area (Å²) in [6, 6.07) is 1.23. The van der Waals surface area contributed by atoms with Crippen LogP contribution in [-0.2, 0) is 4.79 Å². The molecule has 1 aliphatic heterocycles. The van der Waals surface area contributed by atoms with Crippen LogP contribution in [0.4, 0.5) is 24.8 Å². The summed E-state index contributed by atoms with van der Waals surface area (Å²) < 4.78 is 43.7. The van der Waals surface area contributed by atoms with E-state index < -0.39 is 51.7 Å². The summed E-state index contributed by atoms with van der Waals surface area (Å²) in [6.45, 7) is 1.94. The molecule has 1 aliphatic carbocycles. The number of hydrogen-bond donors (Lipinski definition) is 2. The van der Waals surface area contributed by atoms with Gasteiger partial charge in [-0.2, -0.15) is 5.10 Å². The minimum atomic E-state index is -3.07. The van der Waals surface area contributed by atoms with Crippen molar-refractivity contribution in [1.82, 2.24) is 29.7 Å². The monoisotopic (exact) mass is 598 g/mol. The lowest BCUT2D eigenvalue weighted by Gasteiger charge is -2.20. The van der Waals surface area contributed by atoms with Crippen LogP contribution in [0, 0.1) is 24.6 Å². The maximum atomic E-state index is 14.9. The minimum absolute atomic E-state index is 0.0214. The van der Waals surface area contributed by atoms with E-state index in [1.807, 2.05) is 0 Å². The van der Waals surface area contributed by atoms with E-state index in [1.54, 1.807) is 11.8 Å². The normalized spacial score (nSPS) is 18.4. The first-order chi connectivity index (χ1) is 20.2. The van der Waals surface area contributed by atoms with Gasteiger partial charge >= 0.3 is 0 Å². The predicted molar refractivity (Wildman–Crippen MR) is 144 cm³/mol. The fourth-order valence-electron chi connectivity index (χ4n) is 5.14. The second kappa shape index (κ2) is 10.8. The highest BCUT2D eigenvalue weighted by molar-refractivity contribution is 6.31. The maximum absolute atomic E-state index is 14.9. The zero-order valence-corrected chi connectivity index (χ0v) is 22.6. The van der Waals surface area contributed by atoms with E-state index in [-0.39, 0.29) is 24.1 Å². The number of benzene rings is 1. The first kappa shape index (κ1) is 27.7. The van der Waals surface area contributed by atoms with Crippen molar-refractivity contribution in [2.45, 2.75) is 25.8 Å². The summed E-state index contributed by atoms with van der Waals surface area (Å²) in [7, 11) is 0. The third-order valence-corrected chi connectivity index (χ3v) is 7.68. The van der Waals surface area contributed by atoms with Crippen LogP contribution in [0.5, 0.6) is 0 Å². The molecule has 0 bridgehead atoms. The highest BCUT2D eigenvalue weighted by atomic mass is 35.5. The predicted octanol–water partition coefficient (Wildman–Crippen LogP) is 3.99. The third kappa shape index (κ3) is 4.86. The fourth-order valence-corrected chi connectivity index (χ4v) is 5.30. The molecule has 2 N–H and O–H groups in total. The van der Waals surface area contributed by atoms with E-state index in [2.05, 4.69) is 30.4 Å². The van der Waals surface area contributed by atoms with Gasteiger partial charge in [0.2, 0.25) is 11.9 Å². The molecule has 0 spiro atoms. The highest BCUT2D eigenvalue weighted by Gasteiger charge is 2.53. The van der Waals surface area contributed by atoms with Crippen LogP contribution in [0.1, 0.15) is 46.2 Å². The third-order valence-electron chi connectivity index (χ3n) is 7.39. The van der Waals surface area contributed by atoms with Crippen molar-refractivity contribution in [3.05, 3.63) is 76.5 Å². The van der Waals surface area contributed by atoms with E-state index in [0.717, 1.165) is 24.8 Å². The van der Waals surface area contributed by atoms with Gasteiger partial charge in [0.25, 0.3) is 12.3 Å². The van der Waals surface area contributed by atoms with Crippen LogP contribution in [0.15, 0.2) is 43.1 Å². The fraction of sp³-hybridized carbons (Fsp3) is 0.296. The van der Waals surface area contributed by atoms with Gasteiger partial charge in [0.15, 0.2) is 11.5 Å². The van der Waals surface area contributed by atoms with Gasteiger partial charge in [0.1, 0.15) is 11.7 Å². The number of halogens is 4. The largest absolute Gasteiger partial charge is 0.394 e. The molecular weight excluding hydrogens is 577 g/mol. The van der Waals surface area contributed by atoms with Gasteiger partial charge < -0.3 is 10.4 Å². The van der Waals surface area contributed by atoms with Gasteiger partial charge in [-0.25, -0.2) is 28.1 Å². The number of carbonyl (C=O) groups is 2. The quantitative estimate of drug-likeness (QED) is 0.310. The molecule has 0 unspecified atom stereocenters. The number of aliphatic hydroxyl groups is 1. The van der Waals surface area contributed by atoms with Crippen molar-refractivity contribution in [3.8, 4) is 11.3 Å². The molecule has 1 aromatic carbocycles. The van der Waals surface area contributed by atoms with Crippen LogP contribution in [0.3, 0.4) is 0 Å². The number of aromatic nitrogens is 6. The summed E-state index contributed by atoms with van der Waals surface area (Å²) >= 11 is 5.84.